The van der Waals surface area contributed by atoms with Crippen LogP contribution in [-0.4, -0.2) is 81.3 Å². The van der Waals surface area contributed by atoms with E-state index in [2.05, 4.69) is 104 Å². The average Bonchev–Trinajstić information content (AvgIpc) is 3.13. The molecule has 0 aliphatic carbocycles. The first kappa shape index (κ1) is 56.2. The van der Waals surface area contributed by atoms with Crippen LogP contribution >= 0.6 is 20.5 Å². The van der Waals surface area contributed by atoms with Gasteiger partial charge in [0.2, 0.25) is 0 Å². The third-order valence-electron chi connectivity index (χ3n) is 13.3. The molecule has 0 aliphatic rings. The number of hydrogen-bond donors (Lipinski definition) is 0. The Kier molecular flexibility index (Phi) is 28.6. The number of rotatable bonds is 39. The Morgan fingerprint density at radius 2 is 0.436 bits per heavy atom. The Balaban J connectivity index is 8.80. The van der Waals surface area contributed by atoms with Crippen LogP contribution in [0.15, 0.2) is 0 Å². The van der Waals surface area contributed by atoms with E-state index >= 15 is 0 Å². The van der Waals surface area contributed by atoms with Crippen LogP contribution in [0.1, 0.15) is 219 Å². The fraction of sp³-hybridized carbons (Fsp3) is 1.00. The maximum atomic E-state index is 8.60. The van der Waals surface area contributed by atoms with E-state index in [1.54, 1.807) is 0 Å². The minimum absolute atomic E-state index is 0.522. The third kappa shape index (κ3) is 18.8. The molecule has 0 aromatic heterocycles. The molecule has 0 spiro atoms. The first-order valence-corrected chi connectivity index (χ1v) is 33.8. The summed E-state index contributed by atoms with van der Waals surface area (Å²) in [6.45, 7) is 28.3. The number of hydrogen-bond acceptors (Lipinski definition) is 3. The molecule has 0 rings (SSSR count). The Hall–Kier alpha value is 1.23. The van der Waals surface area contributed by atoms with Gasteiger partial charge in [-0.15, -0.1) is 0 Å². The van der Waals surface area contributed by atoms with Crippen LogP contribution in [0.3, 0.4) is 0 Å². The molecule has 7 heteroatoms. The Bertz CT molecular complexity index is 764. The third-order valence-corrected chi connectivity index (χ3v) is 33.6. The molecule has 0 N–H and O–H groups in total. The molecule has 3 nitrogen and oxygen atoms in total. The van der Waals surface area contributed by atoms with E-state index in [0.717, 1.165) is 0 Å². The van der Waals surface area contributed by atoms with Gasteiger partial charge in [0, 0.05) is 0 Å². The van der Waals surface area contributed by atoms with Crippen LogP contribution < -0.4 is 0 Å². The molecule has 0 aliphatic heterocycles. The molecule has 0 atom stereocenters. The predicted octanol–water partition coefficient (Wildman–Crippen LogP) is 17.6. The Labute approximate surface area is 350 Å². The van der Waals surface area contributed by atoms with Gasteiger partial charge in [0.15, 0.2) is 0 Å². The van der Waals surface area contributed by atoms with E-state index in [4.69, 9.17) is 13.3 Å². The van der Waals surface area contributed by atoms with E-state index in [1.807, 2.05) is 0 Å². The first-order chi connectivity index (χ1) is 26.0. The van der Waals surface area contributed by atoms with Crippen molar-refractivity contribution in [3.8, 4) is 0 Å². The molecule has 336 valence electrons. The van der Waals surface area contributed by atoms with Crippen molar-refractivity contribution in [3.63, 3.8) is 0 Å². The average molecular weight is 837 g/mol. The van der Waals surface area contributed by atoms with Gasteiger partial charge in [-0.25, -0.2) is 0 Å². The Morgan fingerprint density at radius 1 is 0.291 bits per heavy atom. The van der Waals surface area contributed by atoms with Gasteiger partial charge in [-0.3, -0.25) is 0 Å². The second-order valence-electron chi connectivity index (χ2n) is 20.6. The van der Waals surface area contributed by atoms with Gasteiger partial charge in [-0.1, -0.05) is 0 Å². The van der Waals surface area contributed by atoms with Crippen molar-refractivity contribution >= 4 is 27.8 Å². The molecule has 0 bridgehead atoms. The zero-order valence-corrected chi connectivity index (χ0v) is 43.8. The van der Waals surface area contributed by atoms with Crippen molar-refractivity contribution in [2.45, 2.75) is 219 Å². The molecule has 0 amide bonds. The van der Waals surface area contributed by atoms with Crippen LogP contribution in [0.5, 0.6) is 0 Å². The van der Waals surface area contributed by atoms with Crippen LogP contribution in [0.4, 0.5) is 0 Å². The van der Waals surface area contributed by atoms with Gasteiger partial charge in [0.05, 0.1) is 0 Å². The zero-order chi connectivity index (χ0) is 42.0. The van der Waals surface area contributed by atoms with Crippen molar-refractivity contribution < 1.29 is 13.3 Å². The van der Waals surface area contributed by atoms with Gasteiger partial charge in [0.25, 0.3) is 0 Å². The molecule has 55 heavy (non-hydrogen) atoms. The standard InChI is InChI=1S/C48H108BO3P3/c1-16-25-34-53(35-26-17-2,36-27-18-3,43-46(10)11)50-49(51-54(37-28-19-4,38-29-20-5,39-30-21-6)44-47(12)13)52-55(40-31-22-7,41-32-23-8,42-33-24-9)45-48(14)15/h46-48H,16-45H2,1-15H3. The Morgan fingerprint density at radius 3 is 0.545 bits per heavy atom. The van der Waals surface area contributed by atoms with Crippen LogP contribution in [-0.2, 0) is 13.3 Å². The zero-order valence-electron chi connectivity index (χ0n) is 41.1. The summed E-state index contributed by atoms with van der Waals surface area (Å²) in [5.41, 5.74) is 0. The number of unbranched alkanes of at least 4 members (excludes halogenated alkanes) is 9. The molecule has 0 saturated heterocycles. The van der Waals surface area contributed by atoms with Gasteiger partial charge in [-0.05, 0) is 0 Å². The quantitative estimate of drug-likeness (QED) is 0.0456. The molecule has 0 unspecified atom stereocenters. The van der Waals surface area contributed by atoms with E-state index in [9.17, 15) is 0 Å². The van der Waals surface area contributed by atoms with Gasteiger partial charge < -0.3 is 0 Å². The first-order valence-electron chi connectivity index (χ1n) is 25.1. The molecule has 0 aromatic rings. The van der Waals surface area contributed by atoms with Gasteiger partial charge >= 0.3 is 352 Å². The van der Waals surface area contributed by atoms with Crippen molar-refractivity contribution in [1.82, 2.24) is 0 Å². The molecular weight excluding hydrogens is 728 g/mol. The summed E-state index contributed by atoms with van der Waals surface area (Å²) in [6, 6.07) is 0. The SMILES string of the molecule is CCCCP(CCCC)(CCCC)(CC(C)C)OB(OP(CCCC)(CCCC)(CCCC)CC(C)C)OP(CCCC)(CCCC)(CCCC)CC(C)C. The summed E-state index contributed by atoms with van der Waals surface area (Å²) in [4.78, 5) is 0. The van der Waals surface area contributed by atoms with Crippen LogP contribution in [0.2, 0.25) is 0 Å². The summed E-state index contributed by atoms with van der Waals surface area (Å²) >= 11 is 0. The summed E-state index contributed by atoms with van der Waals surface area (Å²) in [5.74, 6) is 1.80. The second kappa shape index (κ2) is 28.0. The molecule has 0 heterocycles. The minimum atomic E-state index is -2.80. The van der Waals surface area contributed by atoms with Crippen LogP contribution in [0.25, 0.3) is 0 Å². The fourth-order valence-corrected chi connectivity index (χ4v) is 33.4. The van der Waals surface area contributed by atoms with Crippen LogP contribution in [0, 0.1) is 17.8 Å². The summed E-state index contributed by atoms with van der Waals surface area (Å²) < 4.78 is 25.8. The molecule has 0 fully saturated rings. The van der Waals surface area contributed by atoms with E-state index < -0.39 is 27.8 Å². The summed E-state index contributed by atoms with van der Waals surface area (Å²) in [7, 11) is -0.522. The molecular formula is C48H108BO3P3. The summed E-state index contributed by atoms with van der Waals surface area (Å²) in [6.07, 6.45) is 37.4. The van der Waals surface area contributed by atoms with E-state index in [1.165, 1.54) is 190 Å². The van der Waals surface area contributed by atoms with Gasteiger partial charge in [-0.2, -0.15) is 0 Å². The van der Waals surface area contributed by atoms with Gasteiger partial charge in [0.1, 0.15) is 0 Å². The molecule has 0 aromatic carbocycles. The van der Waals surface area contributed by atoms with Crippen molar-refractivity contribution in [2.75, 3.05) is 73.9 Å². The van der Waals surface area contributed by atoms with Crippen molar-refractivity contribution in [1.29, 1.82) is 0 Å². The van der Waals surface area contributed by atoms with E-state index in [-0.39, 0.29) is 0 Å². The second-order valence-corrected chi connectivity index (χ2v) is 37.5. The summed E-state index contributed by atoms with van der Waals surface area (Å²) in [5, 5.41) is 0. The molecule has 0 saturated carbocycles. The predicted molar refractivity (Wildman–Crippen MR) is 267 cm³/mol. The maximum absolute atomic E-state index is 8.60. The normalized spacial score (nSPS) is 15.3. The van der Waals surface area contributed by atoms with E-state index in [0.29, 0.717) is 17.8 Å². The van der Waals surface area contributed by atoms with Crippen molar-refractivity contribution in [3.05, 3.63) is 0 Å². The van der Waals surface area contributed by atoms with Crippen molar-refractivity contribution in [2.24, 2.45) is 17.8 Å². The monoisotopic (exact) mass is 837 g/mol. The topological polar surface area (TPSA) is 27.7 Å². The molecule has 0 radical (unpaired) electrons. The fourth-order valence-electron chi connectivity index (χ4n) is 11.0.